The van der Waals surface area contributed by atoms with Crippen LogP contribution in [-0.4, -0.2) is 26.1 Å². The van der Waals surface area contributed by atoms with Crippen LogP contribution in [-0.2, 0) is 9.47 Å². The minimum Gasteiger partial charge on any atom is -0.487 e. The highest BCUT2D eigenvalue weighted by Crippen LogP contribution is 2.25. The molecule has 0 aliphatic heterocycles. The minimum atomic E-state index is -0.439. The van der Waals surface area contributed by atoms with Gasteiger partial charge >= 0.3 is 0 Å². The monoisotopic (exact) mass is 262 g/mol. The SMILES string of the molecule is CCOC(COc1ccc(F)cc1Cl)OCC. The first-order chi connectivity index (χ1) is 8.17. The van der Waals surface area contributed by atoms with Crippen molar-refractivity contribution in [3.63, 3.8) is 0 Å². The van der Waals surface area contributed by atoms with Crippen molar-refractivity contribution in [3.8, 4) is 5.75 Å². The quantitative estimate of drug-likeness (QED) is 0.706. The highest BCUT2D eigenvalue weighted by atomic mass is 35.5. The number of benzene rings is 1. The molecule has 0 fully saturated rings. The molecule has 5 heteroatoms. The molecule has 17 heavy (non-hydrogen) atoms. The number of hydrogen-bond acceptors (Lipinski definition) is 3. The number of hydrogen-bond donors (Lipinski definition) is 0. The minimum absolute atomic E-state index is 0.215. The third kappa shape index (κ3) is 4.89. The first-order valence-electron chi connectivity index (χ1n) is 5.48. The van der Waals surface area contributed by atoms with Gasteiger partial charge in [0.15, 0.2) is 6.29 Å². The average molecular weight is 263 g/mol. The highest BCUT2D eigenvalue weighted by Gasteiger charge is 2.10. The summed E-state index contributed by atoms with van der Waals surface area (Å²) in [6, 6.07) is 3.97. The largest absolute Gasteiger partial charge is 0.487 e. The third-order valence-corrected chi connectivity index (χ3v) is 2.27. The zero-order valence-corrected chi connectivity index (χ0v) is 10.7. The second-order valence-corrected chi connectivity index (χ2v) is 3.63. The van der Waals surface area contributed by atoms with Gasteiger partial charge in [-0.2, -0.15) is 0 Å². The molecule has 1 aromatic rings. The molecule has 0 aliphatic carbocycles. The van der Waals surface area contributed by atoms with Crippen LogP contribution in [0.1, 0.15) is 13.8 Å². The molecular weight excluding hydrogens is 247 g/mol. The summed E-state index contributed by atoms with van der Waals surface area (Å²) in [7, 11) is 0. The fourth-order valence-electron chi connectivity index (χ4n) is 1.27. The molecule has 0 saturated carbocycles. The Kier molecular flexibility index (Phi) is 6.26. The molecule has 0 spiro atoms. The van der Waals surface area contributed by atoms with Gasteiger partial charge < -0.3 is 14.2 Å². The molecule has 3 nitrogen and oxygen atoms in total. The van der Waals surface area contributed by atoms with Gasteiger partial charge in [-0.3, -0.25) is 0 Å². The maximum absolute atomic E-state index is 12.8. The molecule has 1 rings (SSSR count). The lowest BCUT2D eigenvalue weighted by Crippen LogP contribution is -2.25. The van der Waals surface area contributed by atoms with Crippen molar-refractivity contribution in [1.29, 1.82) is 0 Å². The summed E-state index contributed by atoms with van der Waals surface area (Å²) in [5.74, 6) is 0.0194. The molecule has 0 N–H and O–H groups in total. The Hall–Kier alpha value is -0.840. The van der Waals surface area contributed by atoms with Gasteiger partial charge in [0, 0.05) is 13.2 Å². The maximum Gasteiger partial charge on any atom is 0.191 e. The van der Waals surface area contributed by atoms with Crippen LogP contribution in [0.25, 0.3) is 0 Å². The van der Waals surface area contributed by atoms with Crippen molar-refractivity contribution in [2.45, 2.75) is 20.1 Å². The van der Waals surface area contributed by atoms with Crippen LogP contribution in [0, 0.1) is 5.82 Å². The number of ether oxygens (including phenoxy) is 3. The summed E-state index contributed by atoms with van der Waals surface area (Å²) >= 11 is 5.82. The van der Waals surface area contributed by atoms with E-state index >= 15 is 0 Å². The molecular formula is C12H16ClFO3. The molecule has 0 amide bonds. The van der Waals surface area contributed by atoms with Crippen molar-refractivity contribution in [2.24, 2.45) is 0 Å². The predicted molar refractivity (Wildman–Crippen MR) is 63.9 cm³/mol. The summed E-state index contributed by atoms with van der Waals surface area (Å²) in [6.45, 7) is 5.02. The van der Waals surface area contributed by atoms with Gasteiger partial charge in [-0.1, -0.05) is 11.6 Å². The van der Waals surface area contributed by atoms with Crippen molar-refractivity contribution in [3.05, 3.63) is 29.0 Å². The number of halogens is 2. The Balaban J connectivity index is 2.52. The van der Waals surface area contributed by atoms with Crippen LogP contribution in [0.2, 0.25) is 5.02 Å². The zero-order chi connectivity index (χ0) is 12.7. The molecule has 0 aliphatic rings. The van der Waals surface area contributed by atoms with Gasteiger partial charge in [0.2, 0.25) is 0 Å². The molecule has 0 radical (unpaired) electrons. The van der Waals surface area contributed by atoms with Crippen LogP contribution in [0.5, 0.6) is 5.75 Å². The predicted octanol–water partition coefficient (Wildman–Crippen LogP) is 3.26. The summed E-state index contributed by atoms with van der Waals surface area (Å²) < 4.78 is 28.8. The zero-order valence-electron chi connectivity index (χ0n) is 9.91. The van der Waals surface area contributed by atoms with Gasteiger partial charge in [0.1, 0.15) is 18.2 Å². The van der Waals surface area contributed by atoms with Crippen LogP contribution < -0.4 is 4.74 Å². The van der Waals surface area contributed by atoms with Crippen LogP contribution in [0.4, 0.5) is 4.39 Å². The lowest BCUT2D eigenvalue weighted by molar-refractivity contribution is -0.152. The fraction of sp³-hybridized carbons (Fsp3) is 0.500. The van der Waals surface area contributed by atoms with Crippen molar-refractivity contribution in [2.75, 3.05) is 19.8 Å². The van der Waals surface area contributed by atoms with E-state index in [-0.39, 0.29) is 11.6 Å². The standard InChI is InChI=1S/C12H16ClFO3/c1-3-15-12(16-4-2)8-17-11-6-5-9(14)7-10(11)13/h5-7,12H,3-4,8H2,1-2H3. The summed E-state index contributed by atoms with van der Waals surface area (Å²) in [6.07, 6.45) is -0.439. The molecule has 0 aromatic heterocycles. The Morgan fingerprint density at radius 2 is 1.88 bits per heavy atom. The van der Waals surface area contributed by atoms with E-state index in [1.165, 1.54) is 18.2 Å². The van der Waals surface area contributed by atoms with Gasteiger partial charge in [-0.25, -0.2) is 4.39 Å². The molecule has 0 saturated heterocycles. The maximum atomic E-state index is 12.8. The van der Waals surface area contributed by atoms with Crippen molar-refractivity contribution in [1.82, 2.24) is 0 Å². The smallest absolute Gasteiger partial charge is 0.191 e. The third-order valence-electron chi connectivity index (χ3n) is 1.97. The van der Waals surface area contributed by atoms with E-state index in [9.17, 15) is 4.39 Å². The molecule has 96 valence electrons. The van der Waals surface area contributed by atoms with E-state index in [1.54, 1.807) is 0 Å². The summed E-state index contributed by atoms with van der Waals surface area (Å²) in [5.41, 5.74) is 0. The molecule has 0 atom stereocenters. The van der Waals surface area contributed by atoms with Crippen LogP contribution >= 0.6 is 11.6 Å². The van der Waals surface area contributed by atoms with Crippen LogP contribution in [0.3, 0.4) is 0 Å². The van der Waals surface area contributed by atoms with E-state index in [0.717, 1.165) is 0 Å². The van der Waals surface area contributed by atoms with E-state index in [0.29, 0.717) is 19.0 Å². The average Bonchev–Trinajstić information content (AvgIpc) is 2.28. The van der Waals surface area contributed by atoms with Crippen molar-refractivity contribution < 1.29 is 18.6 Å². The van der Waals surface area contributed by atoms with E-state index in [1.807, 2.05) is 13.8 Å². The summed E-state index contributed by atoms with van der Waals surface area (Å²) in [4.78, 5) is 0. The second-order valence-electron chi connectivity index (χ2n) is 3.23. The Morgan fingerprint density at radius 3 is 2.41 bits per heavy atom. The van der Waals surface area contributed by atoms with Crippen LogP contribution in [0.15, 0.2) is 18.2 Å². The van der Waals surface area contributed by atoms with E-state index < -0.39 is 12.1 Å². The topological polar surface area (TPSA) is 27.7 Å². The molecule has 0 heterocycles. The second kappa shape index (κ2) is 7.48. The van der Waals surface area contributed by atoms with Gasteiger partial charge in [-0.15, -0.1) is 0 Å². The van der Waals surface area contributed by atoms with E-state index in [4.69, 9.17) is 25.8 Å². The van der Waals surface area contributed by atoms with Gasteiger partial charge in [0.05, 0.1) is 5.02 Å². The van der Waals surface area contributed by atoms with Gasteiger partial charge in [-0.05, 0) is 32.0 Å². The lowest BCUT2D eigenvalue weighted by Gasteiger charge is -2.17. The first kappa shape index (κ1) is 14.2. The fourth-order valence-corrected chi connectivity index (χ4v) is 1.49. The van der Waals surface area contributed by atoms with Gasteiger partial charge in [0.25, 0.3) is 0 Å². The Morgan fingerprint density at radius 1 is 1.24 bits per heavy atom. The van der Waals surface area contributed by atoms with Crippen molar-refractivity contribution >= 4 is 11.6 Å². The summed E-state index contributed by atoms with van der Waals surface area (Å²) in [5, 5.41) is 0.233. The number of rotatable bonds is 7. The molecule has 0 unspecified atom stereocenters. The lowest BCUT2D eigenvalue weighted by atomic mass is 10.3. The normalized spacial score (nSPS) is 10.9. The Labute approximate surface area is 105 Å². The molecule has 1 aromatic carbocycles. The first-order valence-corrected chi connectivity index (χ1v) is 5.86. The highest BCUT2D eigenvalue weighted by molar-refractivity contribution is 6.32. The van der Waals surface area contributed by atoms with E-state index in [2.05, 4.69) is 0 Å². The molecule has 0 bridgehead atoms. The Bertz CT molecular complexity index is 341.